The van der Waals surface area contributed by atoms with Crippen LogP contribution in [0.4, 0.5) is 0 Å². The van der Waals surface area contributed by atoms with Crippen LogP contribution in [0.5, 0.6) is 0 Å². The van der Waals surface area contributed by atoms with Gasteiger partial charge in [-0.1, -0.05) is 0 Å². The molecule has 1 fully saturated rings. The van der Waals surface area contributed by atoms with E-state index in [-0.39, 0.29) is 11.5 Å². The van der Waals surface area contributed by atoms with E-state index in [1.165, 1.54) is 0 Å². The highest BCUT2D eigenvalue weighted by Crippen LogP contribution is 2.19. The Morgan fingerprint density at radius 2 is 2.25 bits per heavy atom. The summed E-state index contributed by atoms with van der Waals surface area (Å²) in [5.74, 6) is 0. The van der Waals surface area contributed by atoms with Gasteiger partial charge in [-0.25, -0.2) is 0 Å². The lowest BCUT2D eigenvalue weighted by Crippen LogP contribution is -2.38. The summed E-state index contributed by atoms with van der Waals surface area (Å²) < 4.78 is 0.605. The van der Waals surface area contributed by atoms with Crippen LogP contribution in [0, 0.1) is 0 Å². The minimum Gasteiger partial charge on any atom is -0.366 e. The molecule has 0 saturated carbocycles. The van der Waals surface area contributed by atoms with Crippen molar-refractivity contribution in [1.29, 1.82) is 0 Å². The van der Waals surface area contributed by atoms with Crippen molar-refractivity contribution in [2.75, 3.05) is 6.54 Å². The van der Waals surface area contributed by atoms with E-state index in [1.807, 2.05) is 0 Å². The first kappa shape index (κ1) is 8.01. The maximum Gasteiger partial charge on any atom is 0.200 e. The van der Waals surface area contributed by atoms with Crippen LogP contribution < -0.4 is 10.7 Å². The molecule has 1 aromatic rings. The summed E-state index contributed by atoms with van der Waals surface area (Å²) in [7, 11) is 0. The molecular formula is C8H9BrN2O. The van der Waals surface area contributed by atoms with Gasteiger partial charge in [-0.15, -0.1) is 0 Å². The zero-order valence-electron chi connectivity index (χ0n) is 6.43. The molecule has 0 bridgehead atoms. The number of rotatable bonds is 1. The summed E-state index contributed by atoms with van der Waals surface area (Å²) in [5, 5.41) is 3.19. The van der Waals surface area contributed by atoms with Crippen LogP contribution in [0.2, 0.25) is 0 Å². The van der Waals surface area contributed by atoms with Crippen LogP contribution in [0.25, 0.3) is 0 Å². The van der Waals surface area contributed by atoms with E-state index >= 15 is 0 Å². The van der Waals surface area contributed by atoms with Crippen LogP contribution in [-0.4, -0.2) is 11.5 Å². The molecule has 1 saturated heterocycles. The molecule has 0 radical (unpaired) electrons. The van der Waals surface area contributed by atoms with E-state index in [4.69, 9.17) is 0 Å². The molecule has 0 aliphatic carbocycles. The summed E-state index contributed by atoms with van der Waals surface area (Å²) in [6.45, 7) is 1.01. The highest BCUT2D eigenvalue weighted by molar-refractivity contribution is 9.10. The number of aromatic amines is 1. The molecule has 2 rings (SSSR count). The van der Waals surface area contributed by atoms with E-state index in [9.17, 15) is 4.79 Å². The Hall–Kier alpha value is -0.610. The average Bonchev–Trinajstić information content (AvgIpc) is 1.95. The van der Waals surface area contributed by atoms with E-state index in [2.05, 4.69) is 26.2 Å². The van der Waals surface area contributed by atoms with Gasteiger partial charge in [0.2, 0.25) is 0 Å². The second-order valence-corrected chi connectivity index (χ2v) is 3.74. The fourth-order valence-electron chi connectivity index (χ4n) is 1.29. The molecule has 0 amide bonds. The Balaban J connectivity index is 2.43. The van der Waals surface area contributed by atoms with Gasteiger partial charge in [0.05, 0.1) is 4.47 Å². The van der Waals surface area contributed by atoms with Gasteiger partial charge in [0.1, 0.15) is 0 Å². The molecular weight excluding hydrogens is 220 g/mol. The number of halogens is 1. The van der Waals surface area contributed by atoms with Crippen molar-refractivity contribution < 1.29 is 0 Å². The fourth-order valence-corrected chi connectivity index (χ4v) is 1.65. The third kappa shape index (κ3) is 1.21. The molecule has 0 spiro atoms. The van der Waals surface area contributed by atoms with Gasteiger partial charge in [-0.05, 0) is 28.9 Å². The largest absolute Gasteiger partial charge is 0.366 e. The third-order valence-electron chi connectivity index (χ3n) is 2.13. The van der Waals surface area contributed by atoms with Crippen molar-refractivity contribution in [1.82, 2.24) is 10.3 Å². The summed E-state index contributed by atoms with van der Waals surface area (Å²) in [6, 6.07) is 0.256. The number of pyridine rings is 1. The molecule has 1 aliphatic rings. The summed E-state index contributed by atoms with van der Waals surface area (Å²) in [4.78, 5) is 14.4. The normalized spacial score (nSPS) is 21.9. The standard InChI is InChI=1S/C8H9BrN2O/c9-6-4-10-3-5(8(6)12)7-1-2-11-7/h3-4,7,11H,1-2H2,(H,10,12). The molecule has 1 atom stereocenters. The Labute approximate surface area is 78.3 Å². The minimum atomic E-state index is 0.0888. The van der Waals surface area contributed by atoms with Gasteiger partial charge in [-0.2, -0.15) is 0 Å². The molecule has 1 aliphatic heterocycles. The second-order valence-electron chi connectivity index (χ2n) is 2.88. The van der Waals surface area contributed by atoms with E-state index < -0.39 is 0 Å². The van der Waals surface area contributed by atoms with Gasteiger partial charge >= 0.3 is 0 Å². The highest BCUT2D eigenvalue weighted by atomic mass is 79.9. The summed E-state index contributed by atoms with van der Waals surface area (Å²) >= 11 is 3.20. The fraction of sp³-hybridized carbons (Fsp3) is 0.375. The zero-order chi connectivity index (χ0) is 8.55. The number of H-pyrrole nitrogens is 1. The van der Waals surface area contributed by atoms with E-state index in [0.717, 1.165) is 18.5 Å². The number of hydrogen-bond acceptors (Lipinski definition) is 2. The maximum absolute atomic E-state index is 11.5. The minimum absolute atomic E-state index is 0.0888. The SMILES string of the molecule is O=c1c(Br)c[nH]cc1C1CCN1. The van der Waals surface area contributed by atoms with Crippen LogP contribution in [-0.2, 0) is 0 Å². The predicted molar refractivity (Wildman–Crippen MR) is 50.1 cm³/mol. The van der Waals surface area contributed by atoms with Crippen LogP contribution in [0.1, 0.15) is 18.0 Å². The topological polar surface area (TPSA) is 44.9 Å². The molecule has 4 heteroatoms. The monoisotopic (exact) mass is 228 g/mol. The van der Waals surface area contributed by atoms with Crippen LogP contribution in [0.15, 0.2) is 21.7 Å². The summed E-state index contributed by atoms with van der Waals surface area (Å²) in [6.07, 6.45) is 4.48. The quantitative estimate of drug-likeness (QED) is 0.759. The lowest BCUT2D eigenvalue weighted by molar-refractivity contribution is 0.380. The van der Waals surface area contributed by atoms with Crippen molar-refractivity contribution in [2.24, 2.45) is 0 Å². The molecule has 12 heavy (non-hydrogen) atoms. The average molecular weight is 229 g/mol. The molecule has 2 N–H and O–H groups in total. The van der Waals surface area contributed by atoms with Crippen molar-refractivity contribution in [2.45, 2.75) is 12.5 Å². The van der Waals surface area contributed by atoms with E-state index in [0.29, 0.717) is 4.47 Å². The Morgan fingerprint density at radius 1 is 1.50 bits per heavy atom. The molecule has 64 valence electrons. The Bertz CT molecular complexity index is 343. The van der Waals surface area contributed by atoms with Crippen LogP contribution >= 0.6 is 15.9 Å². The van der Waals surface area contributed by atoms with Gasteiger partial charge < -0.3 is 10.3 Å². The molecule has 1 aromatic heterocycles. The van der Waals surface area contributed by atoms with Crippen LogP contribution in [0.3, 0.4) is 0 Å². The molecule has 1 unspecified atom stereocenters. The summed E-state index contributed by atoms with van der Waals surface area (Å²) in [5.41, 5.74) is 0.918. The molecule has 0 aromatic carbocycles. The van der Waals surface area contributed by atoms with Gasteiger partial charge in [-0.3, -0.25) is 4.79 Å². The molecule has 3 nitrogen and oxygen atoms in total. The Morgan fingerprint density at radius 3 is 2.83 bits per heavy atom. The van der Waals surface area contributed by atoms with E-state index in [1.54, 1.807) is 12.4 Å². The van der Waals surface area contributed by atoms with Gasteiger partial charge in [0.25, 0.3) is 0 Å². The first-order valence-corrected chi connectivity index (χ1v) is 4.68. The second kappa shape index (κ2) is 3.03. The first-order valence-electron chi connectivity index (χ1n) is 3.89. The maximum atomic E-state index is 11.5. The number of aromatic nitrogens is 1. The molecule has 2 heterocycles. The lowest BCUT2D eigenvalue weighted by atomic mass is 10.00. The van der Waals surface area contributed by atoms with Gasteiger partial charge in [0, 0.05) is 24.0 Å². The van der Waals surface area contributed by atoms with Crippen molar-refractivity contribution in [3.63, 3.8) is 0 Å². The first-order chi connectivity index (χ1) is 5.79. The zero-order valence-corrected chi connectivity index (χ0v) is 8.02. The third-order valence-corrected chi connectivity index (χ3v) is 2.72. The lowest BCUT2D eigenvalue weighted by Gasteiger charge is -2.27. The van der Waals surface area contributed by atoms with Crippen molar-refractivity contribution in [3.8, 4) is 0 Å². The van der Waals surface area contributed by atoms with Gasteiger partial charge in [0.15, 0.2) is 5.43 Å². The number of hydrogen-bond donors (Lipinski definition) is 2. The number of nitrogens with one attached hydrogen (secondary N) is 2. The smallest absolute Gasteiger partial charge is 0.200 e. The Kier molecular flexibility index (Phi) is 2.02. The van der Waals surface area contributed by atoms with Crippen molar-refractivity contribution in [3.05, 3.63) is 32.7 Å². The highest BCUT2D eigenvalue weighted by Gasteiger charge is 2.21. The predicted octanol–water partition coefficient (Wildman–Crippen LogP) is 1.17. The van der Waals surface area contributed by atoms with Crippen molar-refractivity contribution >= 4 is 15.9 Å².